The number of hydrogen-bond donors (Lipinski definition) is 1. The summed E-state index contributed by atoms with van der Waals surface area (Å²) in [5, 5.41) is 3.63. The predicted molar refractivity (Wildman–Crippen MR) is 53.6 cm³/mol. The predicted octanol–water partition coefficient (Wildman–Crippen LogP) is 1.26. The zero-order valence-electron chi connectivity index (χ0n) is 7.74. The summed E-state index contributed by atoms with van der Waals surface area (Å²) in [4.78, 5) is 7.93. The highest BCUT2D eigenvalue weighted by atomic mass is 35.5. The van der Waals surface area contributed by atoms with Crippen molar-refractivity contribution in [2.24, 2.45) is 0 Å². The zero-order chi connectivity index (χ0) is 9.80. The van der Waals surface area contributed by atoms with Crippen LogP contribution >= 0.6 is 11.6 Å². The van der Waals surface area contributed by atoms with Crippen LogP contribution in [0.4, 0.5) is 0 Å². The monoisotopic (exact) mass is 213 g/mol. The maximum atomic E-state index is 5.69. The van der Waals surface area contributed by atoms with Gasteiger partial charge in [0.05, 0.1) is 12.4 Å². The summed E-state index contributed by atoms with van der Waals surface area (Å²) in [6, 6.07) is 0. The van der Waals surface area contributed by atoms with Crippen molar-refractivity contribution < 1.29 is 4.74 Å². The van der Waals surface area contributed by atoms with Crippen molar-refractivity contribution in [3.8, 4) is 5.88 Å². The molecule has 1 aliphatic heterocycles. The van der Waals surface area contributed by atoms with Crippen molar-refractivity contribution in [3.05, 3.63) is 17.5 Å². The molecule has 0 bridgehead atoms. The minimum Gasteiger partial charge on any atom is -0.472 e. The van der Waals surface area contributed by atoms with E-state index in [1.165, 1.54) is 6.20 Å². The SMILES string of the molecule is Clc1cncc(OC2CCCNC2)n1. The molecule has 1 aromatic rings. The Morgan fingerprint density at radius 1 is 1.50 bits per heavy atom. The molecule has 76 valence electrons. The van der Waals surface area contributed by atoms with Crippen LogP contribution in [0.5, 0.6) is 5.88 Å². The first kappa shape index (κ1) is 9.68. The molecule has 0 saturated carbocycles. The lowest BCUT2D eigenvalue weighted by atomic mass is 10.1. The molecule has 1 fully saturated rings. The summed E-state index contributed by atoms with van der Waals surface area (Å²) in [6.45, 7) is 1.94. The molecule has 0 aromatic carbocycles. The van der Waals surface area contributed by atoms with Crippen molar-refractivity contribution in [2.75, 3.05) is 13.1 Å². The molecule has 1 N–H and O–H groups in total. The van der Waals surface area contributed by atoms with Crippen LogP contribution in [0.3, 0.4) is 0 Å². The van der Waals surface area contributed by atoms with Crippen LogP contribution < -0.4 is 10.1 Å². The van der Waals surface area contributed by atoms with Gasteiger partial charge in [-0.2, -0.15) is 4.98 Å². The standard InChI is InChI=1S/C9H12ClN3O/c10-8-5-12-6-9(13-8)14-7-2-1-3-11-4-7/h5-7,11H,1-4H2. The summed E-state index contributed by atoms with van der Waals surface area (Å²) in [6.07, 6.45) is 5.46. The molecule has 5 heteroatoms. The quantitative estimate of drug-likeness (QED) is 0.804. The largest absolute Gasteiger partial charge is 0.472 e. The van der Waals surface area contributed by atoms with Crippen LogP contribution in [0.1, 0.15) is 12.8 Å². The van der Waals surface area contributed by atoms with E-state index in [9.17, 15) is 0 Å². The number of halogens is 1. The van der Waals surface area contributed by atoms with Gasteiger partial charge in [-0.3, -0.25) is 4.98 Å². The van der Waals surface area contributed by atoms with Crippen molar-refractivity contribution in [1.29, 1.82) is 0 Å². The van der Waals surface area contributed by atoms with Gasteiger partial charge in [-0.15, -0.1) is 0 Å². The van der Waals surface area contributed by atoms with Gasteiger partial charge in [0.2, 0.25) is 5.88 Å². The second kappa shape index (κ2) is 4.57. The molecule has 1 saturated heterocycles. The van der Waals surface area contributed by atoms with E-state index in [1.807, 2.05) is 0 Å². The second-order valence-corrected chi connectivity index (χ2v) is 3.65. The van der Waals surface area contributed by atoms with E-state index in [0.717, 1.165) is 25.9 Å². The smallest absolute Gasteiger partial charge is 0.234 e. The van der Waals surface area contributed by atoms with Gasteiger partial charge in [0.1, 0.15) is 6.10 Å². The minimum absolute atomic E-state index is 0.191. The normalized spacial score (nSPS) is 21.9. The third-order valence-corrected chi connectivity index (χ3v) is 2.30. The average Bonchev–Trinajstić information content (AvgIpc) is 2.19. The number of hydrogen-bond acceptors (Lipinski definition) is 4. The van der Waals surface area contributed by atoms with E-state index in [4.69, 9.17) is 16.3 Å². The van der Waals surface area contributed by atoms with Crippen LogP contribution in [-0.4, -0.2) is 29.2 Å². The van der Waals surface area contributed by atoms with Gasteiger partial charge in [0.15, 0.2) is 5.15 Å². The second-order valence-electron chi connectivity index (χ2n) is 3.27. The maximum absolute atomic E-state index is 5.69. The fourth-order valence-corrected chi connectivity index (χ4v) is 1.61. The van der Waals surface area contributed by atoms with E-state index in [0.29, 0.717) is 11.0 Å². The zero-order valence-corrected chi connectivity index (χ0v) is 8.50. The Kier molecular flexibility index (Phi) is 3.16. The van der Waals surface area contributed by atoms with Crippen molar-refractivity contribution >= 4 is 11.6 Å². The number of nitrogens with zero attached hydrogens (tertiary/aromatic N) is 2. The Morgan fingerprint density at radius 3 is 3.14 bits per heavy atom. The van der Waals surface area contributed by atoms with Crippen LogP contribution in [0.15, 0.2) is 12.4 Å². The maximum Gasteiger partial charge on any atom is 0.234 e. The Balaban J connectivity index is 1.95. The third kappa shape index (κ3) is 2.56. The van der Waals surface area contributed by atoms with Gasteiger partial charge >= 0.3 is 0 Å². The van der Waals surface area contributed by atoms with Gasteiger partial charge in [0.25, 0.3) is 0 Å². The van der Waals surface area contributed by atoms with E-state index >= 15 is 0 Å². The van der Waals surface area contributed by atoms with Crippen LogP contribution in [0.2, 0.25) is 5.15 Å². The first-order chi connectivity index (χ1) is 6.84. The summed E-state index contributed by atoms with van der Waals surface area (Å²) in [7, 11) is 0. The van der Waals surface area contributed by atoms with E-state index in [-0.39, 0.29) is 6.10 Å². The highest BCUT2D eigenvalue weighted by Crippen LogP contribution is 2.13. The highest BCUT2D eigenvalue weighted by molar-refractivity contribution is 6.29. The molecule has 14 heavy (non-hydrogen) atoms. The Labute approximate surface area is 87.7 Å². The molecule has 0 radical (unpaired) electrons. The lowest BCUT2D eigenvalue weighted by molar-refractivity contribution is 0.160. The number of nitrogens with one attached hydrogen (secondary N) is 1. The lowest BCUT2D eigenvalue weighted by Crippen LogP contribution is -2.37. The van der Waals surface area contributed by atoms with E-state index in [2.05, 4.69) is 15.3 Å². The molecule has 2 rings (SSSR count). The first-order valence-electron chi connectivity index (χ1n) is 4.69. The fourth-order valence-electron chi connectivity index (χ4n) is 1.47. The minimum atomic E-state index is 0.191. The van der Waals surface area contributed by atoms with Crippen LogP contribution in [-0.2, 0) is 0 Å². The molecule has 1 unspecified atom stereocenters. The molecule has 1 aromatic heterocycles. The van der Waals surface area contributed by atoms with Crippen molar-refractivity contribution in [3.63, 3.8) is 0 Å². The van der Waals surface area contributed by atoms with Gasteiger partial charge in [0, 0.05) is 6.54 Å². The topological polar surface area (TPSA) is 47.0 Å². The molecule has 1 aliphatic rings. The molecule has 2 heterocycles. The first-order valence-corrected chi connectivity index (χ1v) is 5.07. The molecule has 4 nitrogen and oxygen atoms in total. The van der Waals surface area contributed by atoms with Crippen LogP contribution in [0.25, 0.3) is 0 Å². The fraction of sp³-hybridized carbons (Fsp3) is 0.556. The van der Waals surface area contributed by atoms with E-state index < -0.39 is 0 Å². The van der Waals surface area contributed by atoms with Crippen molar-refractivity contribution in [1.82, 2.24) is 15.3 Å². The van der Waals surface area contributed by atoms with Gasteiger partial charge in [-0.25, -0.2) is 0 Å². The molecular formula is C9H12ClN3O. The third-order valence-electron chi connectivity index (χ3n) is 2.12. The van der Waals surface area contributed by atoms with Gasteiger partial charge < -0.3 is 10.1 Å². The Hall–Kier alpha value is -0.870. The Bertz CT molecular complexity index is 302. The van der Waals surface area contributed by atoms with Gasteiger partial charge in [-0.05, 0) is 19.4 Å². The lowest BCUT2D eigenvalue weighted by Gasteiger charge is -2.23. The summed E-state index contributed by atoms with van der Waals surface area (Å²) in [5.41, 5.74) is 0. The summed E-state index contributed by atoms with van der Waals surface area (Å²) >= 11 is 5.69. The molecule has 0 spiro atoms. The van der Waals surface area contributed by atoms with Crippen molar-refractivity contribution in [2.45, 2.75) is 18.9 Å². The van der Waals surface area contributed by atoms with E-state index in [1.54, 1.807) is 6.20 Å². The molecular weight excluding hydrogens is 202 g/mol. The highest BCUT2D eigenvalue weighted by Gasteiger charge is 2.14. The summed E-state index contributed by atoms with van der Waals surface area (Å²) < 4.78 is 5.62. The number of ether oxygens (including phenoxy) is 1. The average molecular weight is 214 g/mol. The Morgan fingerprint density at radius 2 is 2.43 bits per heavy atom. The molecule has 0 aliphatic carbocycles. The van der Waals surface area contributed by atoms with Crippen LogP contribution in [0, 0.1) is 0 Å². The van der Waals surface area contributed by atoms with Gasteiger partial charge in [-0.1, -0.05) is 11.6 Å². The summed E-state index contributed by atoms with van der Waals surface area (Å²) in [5.74, 6) is 0.506. The number of aromatic nitrogens is 2. The number of piperidine rings is 1. The molecule has 0 amide bonds. The number of rotatable bonds is 2. The molecule has 1 atom stereocenters.